The number of rotatable bonds is 18. The van der Waals surface area contributed by atoms with Gasteiger partial charge in [-0.2, -0.15) is 0 Å². The molecule has 3 nitrogen and oxygen atoms in total. The second-order valence-electron chi connectivity index (χ2n) is 18.4. The average Bonchev–Trinajstić information content (AvgIpc) is 3.56. The summed E-state index contributed by atoms with van der Waals surface area (Å²) in [6.45, 7) is 12.3. The standard InChI is InChI=1S/C62H63NO2/c1-45(2)16-15-17-46(3)40-41-65-61-43-51(60(64-6)42-52(61)33-26-48-20-11-8-12-21-48)32-27-50-30-36-54(37-31-50)63(53-34-28-49(29-35-53)25-24-47-18-9-7-10-19-47)55-38-39-57-56-22-13-14-23-58(56)62(4,5)59(57)44-55/h7-14,18-39,42-46H,15-17,40-41H2,1-6H3. The molecule has 3 heteroatoms. The molecule has 65 heavy (non-hydrogen) atoms. The molecule has 328 valence electrons. The number of hydrogen-bond acceptors (Lipinski definition) is 3. The first kappa shape index (κ1) is 44.8. The van der Waals surface area contributed by atoms with Crippen molar-refractivity contribution in [3.8, 4) is 22.6 Å². The van der Waals surface area contributed by atoms with E-state index in [9.17, 15) is 0 Å². The molecule has 0 bridgehead atoms. The Morgan fingerprint density at radius 1 is 0.477 bits per heavy atom. The number of benzene rings is 7. The Balaban J connectivity index is 1.08. The second kappa shape index (κ2) is 20.8. The molecule has 0 N–H and O–H groups in total. The minimum atomic E-state index is -0.109. The van der Waals surface area contributed by atoms with Gasteiger partial charge in [-0.15, -0.1) is 0 Å². The third-order valence-electron chi connectivity index (χ3n) is 12.8. The molecule has 0 aromatic heterocycles. The third-order valence-corrected chi connectivity index (χ3v) is 12.8. The maximum Gasteiger partial charge on any atom is 0.127 e. The van der Waals surface area contributed by atoms with Crippen LogP contribution in [0.5, 0.6) is 11.5 Å². The average molecular weight is 854 g/mol. The van der Waals surface area contributed by atoms with E-state index in [4.69, 9.17) is 9.47 Å². The van der Waals surface area contributed by atoms with E-state index in [-0.39, 0.29) is 5.41 Å². The van der Waals surface area contributed by atoms with E-state index in [1.807, 2.05) is 12.1 Å². The van der Waals surface area contributed by atoms with Crippen molar-refractivity contribution in [2.75, 3.05) is 18.6 Å². The minimum absolute atomic E-state index is 0.109. The van der Waals surface area contributed by atoms with Crippen LogP contribution in [0.2, 0.25) is 0 Å². The van der Waals surface area contributed by atoms with Crippen LogP contribution in [0.25, 0.3) is 47.6 Å². The number of hydrogen-bond donors (Lipinski definition) is 0. The highest BCUT2D eigenvalue weighted by Gasteiger charge is 2.35. The Bertz CT molecular complexity index is 2740. The topological polar surface area (TPSA) is 21.7 Å². The fourth-order valence-corrected chi connectivity index (χ4v) is 8.98. The Hall–Kier alpha value is -6.84. The number of fused-ring (bicyclic) bond motifs is 3. The van der Waals surface area contributed by atoms with Gasteiger partial charge in [0.2, 0.25) is 0 Å². The molecule has 0 heterocycles. The normalized spacial score (nSPS) is 13.4. The molecule has 0 amide bonds. The largest absolute Gasteiger partial charge is 0.496 e. The molecule has 8 rings (SSSR count). The number of methoxy groups -OCH3 is 1. The molecule has 0 saturated heterocycles. The van der Waals surface area contributed by atoms with Crippen LogP contribution < -0.4 is 14.4 Å². The van der Waals surface area contributed by atoms with Crippen LogP contribution >= 0.6 is 0 Å². The molecule has 0 aliphatic heterocycles. The lowest BCUT2D eigenvalue weighted by atomic mass is 9.82. The van der Waals surface area contributed by atoms with Crippen molar-refractivity contribution < 1.29 is 9.47 Å². The van der Waals surface area contributed by atoms with Crippen LogP contribution in [0, 0.1) is 11.8 Å². The van der Waals surface area contributed by atoms with E-state index in [0.29, 0.717) is 12.5 Å². The van der Waals surface area contributed by atoms with Crippen molar-refractivity contribution in [1.29, 1.82) is 0 Å². The van der Waals surface area contributed by atoms with E-state index >= 15 is 0 Å². The van der Waals surface area contributed by atoms with Gasteiger partial charge in [0.15, 0.2) is 0 Å². The Morgan fingerprint density at radius 2 is 0.969 bits per heavy atom. The molecule has 0 saturated carbocycles. The maximum atomic E-state index is 6.59. The van der Waals surface area contributed by atoms with Gasteiger partial charge in [-0.3, -0.25) is 0 Å². The van der Waals surface area contributed by atoms with Crippen molar-refractivity contribution >= 4 is 53.5 Å². The molecular formula is C62H63NO2. The van der Waals surface area contributed by atoms with Crippen LogP contribution in [0.1, 0.15) is 105 Å². The molecule has 7 aromatic carbocycles. The first-order valence-electron chi connectivity index (χ1n) is 23.4. The summed E-state index contributed by atoms with van der Waals surface area (Å²) in [5.74, 6) is 3.02. The third kappa shape index (κ3) is 10.9. The first-order valence-corrected chi connectivity index (χ1v) is 23.4. The number of anilines is 3. The quantitative estimate of drug-likeness (QED) is 0.0803. The summed E-state index contributed by atoms with van der Waals surface area (Å²) in [4.78, 5) is 2.37. The number of ether oxygens (including phenoxy) is 2. The summed E-state index contributed by atoms with van der Waals surface area (Å²) in [6, 6.07) is 58.6. The Labute approximate surface area is 388 Å². The van der Waals surface area contributed by atoms with Crippen molar-refractivity contribution in [1.82, 2.24) is 0 Å². The van der Waals surface area contributed by atoms with Gasteiger partial charge < -0.3 is 14.4 Å². The van der Waals surface area contributed by atoms with Crippen molar-refractivity contribution in [3.63, 3.8) is 0 Å². The monoisotopic (exact) mass is 853 g/mol. The maximum absolute atomic E-state index is 6.59. The molecule has 1 aliphatic rings. The van der Waals surface area contributed by atoms with Gasteiger partial charge in [-0.1, -0.05) is 206 Å². The second-order valence-corrected chi connectivity index (χ2v) is 18.4. The smallest absolute Gasteiger partial charge is 0.127 e. The fraction of sp³-hybridized carbons (Fsp3) is 0.226. The lowest BCUT2D eigenvalue weighted by Gasteiger charge is -2.28. The van der Waals surface area contributed by atoms with Gasteiger partial charge in [0.05, 0.1) is 13.7 Å². The Kier molecular flexibility index (Phi) is 14.3. The molecule has 0 fully saturated rings. The Morgan fingerprint density at radius 3 is 1.55 bits per heavy atom. The van der Waals surface area contributed by atoms with Gasteiger partial charge >= 0.3 is 0 Å². The summed E-state index contributed by atoms with van der Waals surface area (Å²) in [5, 5.41) is 0. The van der Waals surface area contributed by atoms with Gasteiger partial charge in [0.25, 0.3) is 0 Å². The predicted octanol–water partition coefficient (Wildman–Crippen LogP) is 17.2. The molecule has 0 radical (unpaired) electrons. The summed E-state index contributed by atoms with van der Waals surface area (Å²) in [6.07, 6.45) is 17.7. The van der Waals surface area contributed by atoms with E-state index in [2.05, 4.69) is 228 Å². The van der Waals surface area contributed by atoms with Gasteiger partial charge in [0.1, 0.15) is 11.5 Å². The van der Waals surface area contributed by atoms with Gasteiger partial charge in [-0.25, -0.2) is 0 Å². The molecule has 1 aliphatic carbocycles. The zero-order valence-electron chi connectivity index (χ0n) is 39.0. The van der Waals surface area contributed by atoms with E-state index in [1.165, 1.54) is 47.1 Å². The van der Waals surface area contributed by atoms with Crippen molar-refractivity contribution in [3.05, 3.63) is 208 Å². The molecular weight excluding hydrogens is 791 g/mol. The summed E-state index contributed by atoms with van der Waals surface area (Å²) < 4.78 is 12.6. The highest BCUT2D eigenvalue weighted by Crippen LogP contribution is 2.50. The van der Waals surface area contributed by atoms with Gasteiger partial charge in [-0.05, 0) is 111 Å². The van der Waals surface area contributed by atoms with Crippen molar-refractivity contribution in [2.24, 2.45) is 11.8 Å². The lowest BCUT2D eigenvalue weighted by molar-refractivity contribution is 0.275. The van der Waals surface area contributed by atoms with E-state index < -0.39 is 0 Å². The molecule has 0 spiro atoms. The van der Waals surface area contributed by atoms with Crippen LogP contribution in [-0.2, 0) is 5.41 Å². The van der Waals surface area contributed by atoms with Crippen LogP contribution in [0.4, 0.5) is 17.1 Å². The van der Waals surface area contributed by atoms with E-state index in [0.717, 1.165) is 68.7 Å². The zero-order chi connectivity index (χ0) is 45.2. The fourth-order valence-electron chi connectivity index (χ4n) is 8.98. The van der Waals surface area contributed by atoms with Gasteiger partial charge in [0, 0.05) is 33.6 Å². The zero-order valence-corrected chi connectivity index (χ0v) is 39.0. The number of nitrogens with zero attached hydrogens (tertiary/aromatic N) is 1. The highest BCUT2D eigenvalue weighted by molar-refractivity contribution is 5.86. The minimum Gasteiger partial charge on any atom is -0.496 e. The van der Waals surface area contributed by atoms with E-state index in [1.54, 1.807) is 7.11 Å². The molecule has 1 unspecified atom stereocenters. The summed E-state index contributed by atoms with van der Waals surface area (Å²) in [5.41, 5.74) is 15.1. The predicted molar refractivity (Wildman–Crippen MR) is 279 cm³/mol. The SMILES string of the molecule is COc1cc(C=Cc2ccccc2)c(OCCC(C)CCCC(C)C)cc1C=Cc1ccc(N(c2ccc(C=Cc3ccccc3)cc2)c2ccc3c(c2)C(C)(C)c2ccccc2-3)cc1. The molecule has 1 atom stereocenters. The molecule has 7 aromatic rings. The lowest BCUT2D eigenvalue weighted by Crippen LogP contribution is -2.16. The summed E-state index contributed by atoms with van der Waals surface area (Å²) >= 11 is 0. The van der Waals surface area contributed by atoms with Crippen molar-refractivity contribution in [2.45, 2.75) is 65.7 Å². The summed E-state index contributed by atoms with van der Waals surface area (Å²) in [7, 11) is 1.74. The van der Waals surface area contributed by atoms with Crippen LogP contribution in [-0.4, -0.2) is 13.7 Å². The highest BCUT2D eigenvalue weighted by atomic mass is 16.5. The van der Waals surface area contributed by atoms with Crippen LogP contribution in [0.15, 0.2) is 164 Å². The first-order chi connectivity index (χ1) is 31.7. The van der Waals surface area contributed by atoms with Crippen LogP contribution in [0.3, 0.4) is 0 Å².